The largest absolute Gasteiger partial charge is 0.333 e. The van der Waals surface area contributed by atoms with Crippen molar-refractivity contribution in [1.29, 1.82) is 0 Å². The highest BCUT2D eigenvalue weighted by Crippen LogP contribution is 2.00. The van der Waals surface area contributed by atoms with E-state index in [0.717, 1.165) is 12.8 Å². The molecule has 0 aliphatic rings. The normalized spacial score (nSPS) is 12.8. The SMILES string of the molecule is CCCCCC=CCC=CCCNS(=O)(=O)O. The van der Waals surface area contributed by atoms with E-state index in [-0.39, 0.29) is 6.54 Å². The Morgan fingerprint density at radius 3 is 2.29 bits per heavy atom. The van der Waals surface area contributed by atoms with Gasteiger partial charge >= 0.3 is 10.3 Å². The summed E-state index contributed by atoms with van der Waals surface area (Å²) in [7, 11) is -4.03. The molecule has 2 N–H and O–H groups in total. The Morgan fingerprint density at radius 1 is 1.06 bits per heavy atom. The van der Waals surface area contributed by atoms with E-state index in [4.69, 9.17) is 4.55 Å². The molecular formula is C12H23NO3S. The number of unbranched alkanes of at least 4 members (excludes halogenated alkanes) is 3. The van der Waals surface area contributed by atoms with Crippen molar-refractivity contribution in [2.45, 2.75) is 45.4 Å². The van der Waals surface area contributed by atoms with Crippen LogP contribution in [0.5, 0.6) is 0 Å². The fraction of sp³-hybridized carbons (Fsp3) is 0.667. The third kappa shape index (κ3) is 15.4. The van der Waals surface area contributed by atoms with E-state index < -0.39 is 10.3 Å². The minimum atomic E-state index is -4.03. The van der Waals surface area contributed by atoms with Crippen molar-refractivity contribution in [3.63, 3.8) is 0 Å². The number of hydrogen-bond donors (Lipinski definition) is 2. The maximum Gasteiger partial charge on any atom is 0.333 e. The molecule has 0 aromatic heterocycles. The van der Waals surface area contributed by atoms with Crippen LogP contribution in [0.2, 0.25) is 0 Å². The van der Waals surface area contributed by atoms with Gasteiger partial charge in [-0.1, -0.05) is 44.1 Å². The van der Waals surface area contributed by atoms with Crippen LogP contribution >= 0.6 is 0 Å². The zero-order valence-electron chi connectivity index (χ0n) is 10.4. The second kappa shape index (κ2) is 10.5. The Balaban J connectivity index is 3.36. The van der Waals surface area contributed by atoms with Crippen LogP contribution in [0, 0.1) is 0 Å². The molecule has 0 unspecified atom stereocenters. The minimum absolute atomic E-state index is 0.232. The van der Waals surface area contributed by atoms with E-state index in [2.05, 4.69) is 19.1 Å². The van der Waals surface area contributed by atoms with E-state index in [9.17, 15) is 8.42 Å². The van der Waals surface area contributed by atoms with Crippen LogP contribution in [0.15, 0.2) is 24.3 Å². The van der Waals surface area contributed by atoms with Crippen molar-refractivity contribution in [1.82, 2.24) is 4.72 Å². The highest BCUT2D eigenvalue weighted by Gasteiger charge is 1.98. The number of nitrogens with one attached hydrogen (secondary N) is 1. The Hall–Kier alpha value is -0.650. The lowest BCUT2D eigenvalue weighted by Crippen LogP contribution is -2.23. The molecule has 0 amide bonds. The summed E-state index contributed by atoms with van der Waals surface area (Å²) in [6.45, 7) is 2.42. The molecule has 0 bridgehead atoms. The first-order valence-corrected chi connectivity index (χ1v) is 7.52. The Bertz CT molecular complexity index is 321. The summed E-state index contributed by atoms with van der Waals surface area (Å²) in [5.41, 5.74) is 0. The van der Waals surface area contributed by atoms with E-state index >= 15 is 0 Å². The fourth-order valence-electron chi connectivity index (χ4n) is 1.29. The summed E-state index contributed by atoms with van der Waals surface area (Å²) in [5, 5.41) is 0. The molecule has 0 radical (unpaired) electrons. The van der Waals surface area contributed by atoms with Crippen LogP contribution in [0.4, 0.5) is 0 Å². The van der Waals surface area contributed by atoms with E-state index in [1.165, 1.54) is 19.3 Å². The lowest BCUT2D eigenvalue weighted by Gasteiger charge is -1.95. The van der Waals surface area contributed by atoms with Gasteiger partial charge in [0, 0.05) is 6.54 Å². The zero-order valence-corrected chi connectivity index (χ0v) is 11.2. The molecule has 0 heterocycles. The number of rotatable bonds is 10. The van der Waals surface area contributed by atoms with Gasteiger partial charge in [-0.05, 0) is 25.7 Å². The van der Waals surface area contributed by atoms with E-state index in [0.29, 0.717) is 6.42 Å². The van der Waals surface area contributed by atoms with Gasteiger partial charge in [-0.25, -0.2) is 0 Å². The average Bonchev–Trinajstić information content (AvgIpc) is 2.24. The molecule has 0 rings (SSSR count). The second-order valence-corrected chi connectivity index (χ2v) is 5.07. The van der Waals surface area contributed by atoms with Gasteiger partial charge < -0.3 is 0 Å². The molecule has 0 aliphatic carbocycles. The van der Waals surface area contributed by atoms with Gasteiger partial charge in [0.05, 0.1) is 0 Å². The molecule has 4 nitrogen and oxygen atoms in total. The topological polar surface area (TPSA) is 66.4 Å². The summed E-state index contributed by atoms with van der Waals surface area (Å²) < 4.78 is 31.0. The van der Waals surface area contributed by atoms with Gasteiger partial charge in [-0.2, -0.15) is 13.1 Å². The molecule has 0 fully saturated rings. The lowest BCUT2D eigenvalue weighted by atomic mass is 10.2. The minimum Gasteiger partial charge on any atom is -0.273 e. The van der Waals surface area contributed by atoms with Crippen molar-refractivity contribution >= 4 is 10.3 Å². The zero-order chi connectivity index (χ0) is 13.0. The van der Waals surface area contributed by atoms with Crippen molar-refractivity contribution in [2.24, 2.45) is 0 Å². The van der Waals surface area contributed by atoms with Gasteiger partial charge in [-0.3, -0.25) is 4.55 Å². The second-order valence-electron chi connectivity index (χ2n) is 3.83. The Kier molecular flexibility index (Phi) is 10.1. The summed E-state index contributed by atoms with van der Waals surface area (Å²) in [6, 6.07) is 0. The predicted octanol–water partition coefficient (Wildman–Crippen LogP) is 2.85. The molecule has 0 spiro atoms. The maximum absolute atomic E-state index is 10.3. The van der Waals surface area contributed by atoms with E-state index in [1.807, 2.05) is 16.9 Å². The highest BCUT2D eigenvalue weighted by atomic mass is 32.2. The summed E-state index contributed by atoms with van der Waals surface area (Å²) >= 11 is 0. The average molecular weight is 261 g/mol. The molecule has 17 heavy (non-hydrogen) atoms. The highest BCUT2D eigenvalue weighted by molar-refractivity contribution is 7.83. The number of allylic oxidation sites excluding steroid dienone is 3. The van der Waals surface area contributed by atoms with Crippen LogP contribution in [0.3, 0.4) is 0 Å². The quantitative estimate of drug-likeness (QED) is 0.361. The van der Waals surface area contributed by atoms with Crippen LogP contribution in [-0.2, 0) is 10.3 Å². The van der Waals surface area contributed by atoms with Gasteiger partial charge in [-0.15, -0.1) is 0 Å². The molecule has 0 aliphatic heterocycles. The van der Waals surface area contributed by atoms with Crippen LogP contribution < -0.4 is 4.72 Å². The van der Waals surface area contributed by atoms with Gasteiger partial charge in [0.2, 0.25) is 0 Å². The maximum atomic E-state index is 10.3. The fourth-order valence-corrected chi connectivity index (χ4v) is 1.67. The van der Waals surface area contributed by atoms with Crippen LogP contribution in [0.1, 0.15) is 45.4 Å². The molecule has 0 aromatic carbocycles. The Morgan fingerprint density at radius 2 is 1.71 bits per heavy atom. The monoisotopic (exact) mass is 261 g/mol. The Labute approximate surface area is 105 Å². The van der Waals surface area contributed by atoms with Gasteiger partial charge in [0.1, 0.15) is 0 Å². The van der Waals surface area contributed by atoms with E-state index in [1.54, 1.807) is 0 Å². The van der Waals surface area contributed by atoms with Crippen molar-refractivity contribution in [2.75, 3.05) is 6.54 Å². The first-order valence-electron chi connectivity index (χ1n) is 6.08. The first-order chi connectivity index (χ1) is 8.06. The van der Waals surface area contributed by atoms with Crippen LogP contribution in [-0.4, -0.2) is 19.5 Å². The molecule has 0 atom stereocenters. The molecule has 5 heteroatoms. The molecule has 0 saturated carbocycles. The predicted molar refractivity (Wildman–Crippen MR) is 71.2 cm³/mol. The summed E-state index contributed by atoms with van der Waals surface area (Å²) in [4.78, 5) is 0. The molecular weight excluding hydrogens is 238 g/mol. The third-order valence-corrected chi connectivity index (χ3v) is 2.74. The van der Waals surface area contributed by atoms with Crippen molar-refractivity contribution < 1.29 is 13.0 Å². The standard InChI is InChI=1S/C12H23NO3S/c1-2-3-4-5-6-7-8-9-10-11-12-13-17(14,15)16/h6-7,9-10,13H,2-5,8,11-12H2,1H3,(H,14,15,16). The third-order valence-electron chi connectivity index (χ3n) is 2.18. The smallest absolute Gasteiger partial charge is 0.273 e. The summed E-state index contributed by atoms with van der Waals surface area (Å²) in [6.07, 6.45) is 14.5. The van der Waals surface area contributed by atoms with Crippen molar-refractivity contribution in [3.8, 4) is 0 Å². The van der Waals surface area contributed by atoms with Gasteiger partial charge in [0.15, 0.2) is 0 Å². The van der Waals surface area contributed by atoms with Crippen molar-refractivity contribution in [3.05, 3.63) is 24.3 Å². The summed E-state index contributed by atoms with van der Waals surface area (Å²) in [5.74, 6) is 0. The molecule has 0 saturated heterocycles. The first kappa shape index (κ1) is 16.4. The number of hydrogen-bond acceptors (Lipinski definition) is 2. The van der Waals surface area contributed by atoms with Crippen LogP contribution in [0.25, 0.3) is 0 Å². The molecule has 0 aromatic rings. The molecule has 100 valence electrons. The van der Waals surface area contributed by atoms with Gasteiger partial charge in [0.25, 0.3) is 0 Å². The lowest BCUT2D eigenvalue weighted by molar-refractivity contribution is 0.468.